The topological polar surface area (TPSA) is 86.2 Å². The van der Waals surface area contributed by atoms with Gasteiger partial charge >= 0.3 is 0 Å². The summed E-state index contributed by atoms with van der Waals surface area (Å²) in [5, 5.41) is 13.5. The Bertz CT molecular complexity index is 1290. The summed E-state index contributed by atoms with van der Waals surface area (Å²) in [5.74, 6) is 1.32. The maximum atomic E-state index is 12.4. The molecule has 0 saturated heterocycles. The molecule has 0 bridgehead atoms. The predicted octanol–water partition coefficient (Wildman–Crippen LogP) is 5.98. The van der Waals surface area contributed by atoms with Gasteiger partial charge in [-0.05, 0) is 61.5 Å². The fourth-order valence-electron chi connectivity index (χ4n) is 3.11. The van der Waals surface area contributed by atoms with Gasteiger partial charge in [0.1, 0.15) is 27.2 Å². The molecule has 0 saturated carbocycles. The third kappa shape index (κ3) is 5.67. The van der Waals surface area contributed by atoms with Crippen LogP contribution in [0.15, 0.2) is 59.6 Å². The van der Waals surface area contributed by atoms with Crippen LogP contribution in [-0.4, -0.2) is 41.1 Å². The molecule has 174 valence electrons. The molecular formula is C24H21ClN4O3S2. The average molecular weight is 513 g/mol. The summed E-state index contributed by atoms with van der Waals surface area (Å²) >= 11 is 8.87. The highest BCUT2D eigenvalue weighted by atomic mass is 35.5. The molecule has 1 amide bonds. The molecule has 4 aromatic rings. The SMILES string of the molecule is COc1ccc(-c2nc(C)c(-c3ccc(SCC(=O)Nc4cc(Cl)ccc4OC)nn3)s2)cc1. The largest absolute Gasteiger partial charge is 0.497 e. The number of thioether (sulfide) groups is 1. The first kappa shape index (κ1) is 24.0. The number of aryl methyl sites for hydroxylation is 1. The van der Waals surface area contributed by atoms with E-state index in [9.17, 15) is 4.79 Å². The minimum atomic E-state index is -0.195. The number of rotatable bonds is 8. The number of halogens is 1. The summed E-state index contributed by atoms with van der Waals surface area (Å²) in [4.78, 5) is 18.0. The van der Waals surface area contributed by atoms with Crippen LogP contribution >= 0.6 is 34.7 Å². The lowest BCUT2D eigenvalue weighted by Crippen LogP contribution is -2.14. The van der Waals surface area contributed by atoms with Crippen LogP contribution in [-0.2, 0) is 4.79 Å². The molecule has 0 unspecified atom stereocenters. The highest BCUT2D eigenvalue weighted by Crippen LogP contribution is 2.35. The van der Waals surface area contributed by atoms with Crippen molar-refractivity contribution in [3.05, 3.63) is 65.3 Å². The van der Waals surface area contributed by atoms with Crippen molar-refractivity contribution in [1.29, 1.82) is 0 Å². The fraction of sp³-hybridized carbons (Fsp3) is 0.167. The van der Waals surface area contributed by atoms with Gasteiger partial charge in [-0.1, -0.05) is 23.4 Å². The van der Waals surface area contributed by atoms with Crippen molar-refractivity contribution in [2.75, 3.05) is 25.3 Å². The van der Waals surface area contributed by atoms with E-state index in [1.165, 1.54) is 18.9 Å². The van der Waals surface area contributed by atoms with Crippen LogP contribution < -0.4 is 14.8 Å². The number of nitrogens with zero attached hydrogens (tertiary/aromatic N) is 3. The first-order valence-corrected chi connectivity index (χ1v) is 12.4. The normalized spacial score (nSPS) is 10.7. The molecular weight excluding hydrogens is 492 g/mol. The molecule has 4 rings (SSSR count). The van der Waals surface area contributed by atoms with Crippen LogP contribution in [0, 0.1) is 6.92 Å². The molecule has 10 heteroatoms. The van der Waals surface area contributed by atoms with E-state index in [-0.39, 0.29) is 11.7 Å². The Morgan fingerprint density at radius 3 is 2.53 bits per heavy atom. The van der Waals surface area contributed by atoms with Crippen LogP contribution in [0.3, 0.4) is 0 Å². The predicted molar refractivity (Wildman–Crippen MR) is 137 cm³/mol. The van der Waals surface area contributed by atoms with Crippen molar-refractivity contribution >= 4 is 46.3 Å². The zero-order valence-corrected chi connectivity index (χ0v) is 21.1. The van der Waals surface area contributed by atoms with Crippen LogP contribution in [0.1, 0.15) is 5.69 Å². The summed E-state index contributed by atoms with van der Waals surface area (Å²) in [7, 11) is 3.18. The Hall–Kier alpha value is -3.14. The second kappa shape index (κ2) is 10.9. The van der Waals surface area contributed by atoms with Gasteiger partial charge in [-0.25, -0.2) is 4.98 Å². The zero-order chi connectivity index (χ0) is 24.1. The Morgan fingerprint density at radius 1 is 1.06 bits per heavy atom. The maximum Gasteiger partial charge on any atom is 0.234 e. The van der Waals surface area contributed by atoms with E-state index in [4.69, 9.17) is 21.1 Å². The van der Waals surface area contributed by atoms with Crippen LogP contribution in [0.2, 0.25) is 5.02 Å². The molecule has 0 aliphatic carbocycles. The minimum Gasteiger partial charge on any atom is -0.497 e. The molecule has 0 atom stereocenters. The highest BCUT2D eigenvalue weighted by molar-refractivity contribution is 7.99. The van der Waals surface area contributed by atoms with Gasteiger partial charge in [-0.3, -0.25) is 4.79 Å². The monoisotopic (exact) mass is 512 g/mol. The van der Waals surface area contributed by atoms with E-state index in [0.717, 1.165) is 32.6 Å². The minimum absolute atomic E-state index is 0.172. The molecule has 0 fully saturated rings. The van der Waals surface area contributed by atoms with E-state index in [0.29, 0.717) is 21.5 Å². The summed E-state index contributed by atoms with van der Waals surface area (Å²) in [5.41, 5.74) is 3.17. The fourth-order valence-corrected chi connectivity index (χ4v) is 4.94. The van der Waals surface area contributed by atoms with Gasteiger partial charge in [0.25, 0.3) is 0 Å². The zero-order valence-electron chi connectivity index (χ0n) is 18.7. The molecule has 0 spiro atoms. The number of benzene rings is 2. The van der Waals surface area contributed by atoms with Crippen LogP contribution in [0.4, 0.5) is 5.69 Å². The number of thiazole rings is 1. The van der Waals surface area contributed by atoms with Gasteiger partial charge in [0, 0.05) is 10.6 Å². The quantitative estimate of drug-likeness (QED) is 0.291. The Labute approximate surface area is 210 Å². The molecule has 1 N–H and O–H groups in total. The molecule has 34 heavy (non-hydrogen) atoms. The van der Waals surface area contributed by atoms with Crippen LogP contribution in [0.25, 0.3) is 21.1 Å². The summed E-state index contributed by atoms with van der Waals surface area (Å²) in [6.45, 7) is 1.96. The summed E-state index contributed by atoms with van der Waals surface area (Å²) in [6.07, 6.45) is 0. The number of hydrogen-bond donors (Lipinski definition) is 1. The van der Waals surface area contributed by atoms with Crippen molar-refractivity contribution in [3.63, 3.8) is 0 Å². The lowest BCUT2D eigenvalue weighted by Gasteiger charge is -2.10. The Morgan fingerprint density at radius 2 is 1.85 bits per heavy atom. The van der Waals surface area contributed by atoms with Gasteiger partial charge in [0.15, 0.2) is 0 Å². The molecule has 2 aromatic heterocycles. The van der Waals surface area contributed by atoms with Gasteiger partial charge < -0.3 is 14.8 Å². The van der Waals surface area contributed by atoms with Gasteiger partial charge in [-0.15, -0.1) is 21.5 Å². The standard InChI is InChI=1S/C24H21ClN4O3S2/c1-14-23(34-24(26-14)15-4-7-17(31-2)8-5-15)18-9-11-22(29-28-18)33-13-21(30)27-19-12-16(25)6-10-20(19)32-3/h4-12H,13H2,1-3H3,(H,27,30). The third-order valence-electron chi connectivity index (χ3n) is 4.79. The molecule has 0 radical (unpaired) electrons. The number of methoxy groups -OCH3 is 2. The van der Waals surface area contributed by atoms with Crippen LogP contribution in [0.5, 0.6) is 11.5 Å². The van der Waals surface area contributed by atoms with E-state index >= 15 is 0 Å². The highest BCUT2D eigenvalue weighted by Gasteiger charge is 2.14. The van der Waals surface area contributed by atoms with Crippen molar-refractivity contribution in [2.45, 2.75) is 11.9 Å². The second-order valence-electron chi connectivity index (χ2n) is 7.10. The van der Waals surface area contributed by atoms with Gasteiger partial charge in [0.2, 0.25) is 5.91 Å². The number of nitrogens with one attached hydrogen (secondary N) is 1. The third-order valence-corrected chi connectivity index (χ3v) is 7.18. The number of carbonyl (C=O) groups excluding carboxylic acids is 1. The number of amides is 1. The lowest BCUT2D eigenvalue weighted by molar-refractivity contribution is -0.113. The van der Waals surface area contributed by atoms with Crippen molar-refractivity contribution < 1.29 is 14.3 Å². The maximum absolute atomic E-state index is 12.4. The Kier molecular flexibility index (Phi) is 7.66. The van der Waals surface area contributed by atoms with Gasteiger partial charge in [0.05, 0.1) is 36.2 Å². The van der Waals surface area contributed by atoms with Crippen molar-refractivity contribution in [3.8, 4) is 32.6 Å². The van der Waals surface area contributed by atoms with Crippen molar-refractivity contribution in [2.24, 2.45) is 0 Å². The average Bonchev–Trinajstić information content (AvgIpc) is 3.25. The Balaban J connectivity index is 1.40. The lowest BCUT2D eigenvalue weighted by atomic mass is 10.2. The number of aromatic nitrogens is 3. The first-order chi connectivity index (χ1) is 16.5. The summed E-state index contributed by atoms with van der Waals surface area (Å²) in [6, 6.07) is 16.6. The van der Waals surface area contributed by atoms with Gasteiger partial charge in [-0.2, -0.15) is 0 Å². The second-order valence-corrected chi connectivity index (χ2v) is 9.53. The smallest absolute Gasteiger partial charge is 0.234 e. The molecule has 2 aromatic carbocycles. The number of anilines is 1. The summed E-state index contributed by atoms with van der Waals surface area (Å²) < 4.78 is 10.5. The molecule has 7 nitrogen and oxygen atoms in total. The van der Waals surface area contributed by atoms with E-state index in [2.05, 4.69) is 20.5 Å². The van der Waals surface area contributed by atoms with Crippen molar-refractivity contribution in [1.82, 2.24) is 15.2 Å². The van der Waals surface area contributed by atoms with E-state index in [1.807, 2.05) is 43.3 Å². The molecule has 2 heterocycles. The number of ether oxygens (including phenoxy) is 2. The first-order valence-electron chi connectivity index (χ1n) is 10.2. The number of hydrogen-bond acceptors (Lipinski definition) is 8. The van der Waals surface area contributed by atoms with E-state index in [1.54, 1.807) is 36.6 Å². The molecule has 0 aliphatic rings. The van der Waals surface area contributed by atoms with E-state index < -0.39 is 0 Å². The number of carbonyl (C=O) groups is 1. The molecule has 0 aliphatic heterocycles.